The number of carbonyl (C=O) groups excluding carboxylic acids is 1. The van der Waals surface area contributed by atoms with Gasteiger partial charge in [0.15, 0.2) is 0 Å². The molecule has 2 heterocycles. The zero-order valence-corrected chi connectivity index (χ0v) is 13.3. The van der Waals surface area contributed by atoms with Crippen LogP contribution in [0.4, 0.5) is 4.39 Å². The van der Waals surface area contributed by atoms with Crippen molar-refractivity contribution < 1.29 is 13.9 Å². The molecule has 1 aromatic carbocycles. The van der Waals surface area contributed by atoms with Gasteiger partial charge in [-0.1, -0.05) is 6.07 Å². The standard InChI is InChI=1S/C17H17FN2O2S/c18-13-4-6-15(7-5-13)23-12-17(21)20-10-8-14(11-20)22-16-3-1-2-9-19-16/h1-7,9,14H,8,10-12H2. The number of thioether (sulfide) groups is 1. The zero-order valence-electron chi connectivity index (χ0n) is 12.5. The van der Waals surface area contributed by atoms with Crippen molar-refractivity contribution in [2.24, 2.45) is 0 Å². The maximum atomic E-state index is 12.8. The number of carbonyl (C=O) groups is 1. The fraction of sp³-hybridized carbons (Fsp3) is 0.294. The molecular weight excluding hydrogens is 315 g/mol. The first kappa shape index (κ1) is 15.8. The number of aromatic nitrogens is 1. The molecule has 0 N–H and O–H groups in total. The lowest BCUT2D eigenvalue weighted by atomic mass is 10.3. The third kappa shape index (κ3) is 4.45. The molecule has 6 heteroatoms. The number of rotatable bonds is 5. The molecule has 1 fully saturated rings. The first-order valence-corrected chi connectivity index (χ1v) is 8.43. The van der Waals surface area contributed by atoms with Crippen LogP contribution in [-0.2, 0) is 4.79 Å². The second-order valence-electron chi connectivity index (χ2n) is 5.28. The highest BCUT2D eigenvalue weighted by Crippen LogP contribution is 2.21. The van der Waals surface area contributed by atoms with Gasteiger partial charge in [-0.25, -0.2) is 9.37 Å². The van der Waals surface area contributed by atoms with E-state index in [9.17, 15) is 9.18 Å². The summed E-state index contributed by atoms with van der Waals surface area (Å²) in [5.41, 5.74) is 0. The minimum atomic E-state index is -0.269. The van der Waals surface area contributed by atoms with E-state index < -0.39 is 0 Å². The van der Waals surface area contributed by atoms with Crippen molar-refractivity contribution in [2.45, 2.75) is 17.4 Å². The Bertz CT molecular complexity index is 651. The summed E-state index contributed by atoms with van der Waals surface area (Å²) in [6.45, 7) is 1.28. The summed E-state index contributed by atoms with van der Waals surface area (Å²) >= 11 is 1.42. The Kier molecular flexibility index (Phi) is 5.12. The smallest absolute Gasteiger partial charge is 0.233 e. The van der Waals surface area contributed by atoms with Crippen molar-refractivity contribution in [3.63, 3.8) is 0 Å². The molecule has 0 aliphatic carbocycles. The van der Waals surface area contributed by atoms with Crippen molar-refractivity contribution in [3.8, 4) is 5.88 Å². The van der Waals surface area contributed by atoms with E-state index in [2.05, 4.69) is 4.98 Å². The van der Waals surface area contributed by atoms with Crippen LogP contribution < -0.4 is 4.74 Å². The van der Waals surface area contributed by atoms with E-state index >= 15 is 0 Å². The van der Waals surface area contributed by atoms with Crippen LogP contribution in [0.15, 0.2) is 53.6 Å². The maximum absolute atomic E-state index is 12.8. The van der Waals surface area contributed by atoms with Gasteiger partial charge in [0.05, 0.1) is 12.3 Å². The number of likely N-dealkylation sites (tertiary alicyclic amines) is 1. The van der Waals surface area contributed by atoms with Crippen LogP contribution in [0, 0.1) is 5.82 Å². The summed E-state index contributed by atoms with van der Waals surface area (Å²) < 4.78 is 18.6. The SMILES string of the molecule is O=C(CSc1ccc(F)cc1)N1CCC(Oc2ccccn2)C1. The number of ether oxygens (including phenoxy) is 1. The topological polar surface area (TPSA) is 42.4 Å². The first-order valence-electron chi connectivity index (χ1n) is 7.44. The monoisotopic (exact) mass is 332 g/mol. The molecule has 0 bridgehead atoms. The van der Waals surface area contributed by atoms with E-state index in [0.717, 1.165) is 11.3 Å². The van der Waals surface area contributed by atoms with E-state index in [1.54, 1.807) is 18.3 Å². The van der Waals surface area contributed by atoms with Gasteiger partial charge >= 0.3 is 0 Å². The average molecular weight is 332 g/mol. The predicted molar refractivity (Wildman–Crippen MR) is 87.0 cm³/mol. The predicted octanol–water partition coefficient (Wildman–Crippen LogP) is 2.99. The van der Waals surface area contributed by atoms with Gasteiger partial charge in [-0.3, -0.25) is 4.79 Å². The molecule has 1 unspecified atom stereocenters. The van der Waals surface area contributed by atoms with E-state index in [1.807, 2.05) is 23.1 Å². The Balaban J connectivity index is 1.46. The lowest BCUT2D eigenvalue weighted by Crippen LogP contribution is -2.32. The van der Waals surface area contributed by atoms with Crippen LogP contribution in [0.3, 0.4) is 0 Å². The van der Waals surface area contributed by atoms with Crippen LogP contribution in [0.1, 0.15) is 6.42 Å². The molecule has 1 aromatic heterocycles. The van der Waals surface area contributed by atoms with Crippen LogP contribution in [0.5, 0.6) is 5.88 Å². The number of amides is 1. The average Bonchev–Trinajstić information content (AvgIpc) is 3.03. The molecule has 1 aliphatic rings. The van der Waals surface area contributed by atoms with Crippen LogP contribution in [-0.4, -0.2) is 40.7 Å². The molecule has 1 atom stereocenters. The number of halogens is 1. The summed E-state index contributed by atoms with van der Waals surface area (Å²) in [6.07, 6.45) is 2.49. The maximum Gasteiger partial charge on any atom is 0.233 e. The minimum absolute atomic E-state index is 0.00956. The molecule has 4 nitrogen and oxygen atoms in total. The Morgan fingerprint density at radius 3 is 2.87 bits per heavy atom. The van der Waals surface area contributed by atoms with Gasteiger partial charge in [0.1, 0.15) is 11.9 Å². The van der Waals surface area contributed by atoms with Crippen LogP contribution in [0.2, 0.25) is 0 Å². The van der Waals surface area contributed by atoms with Gasteiger partial charge in [0.25, 0.3) is 0 Å². The summed E-state index contributed by atoms with van der Waals surface area (Å²) in [6, 6.07) is 11.7. The number of hydrogen-bond acceptors (Lipinski definition) is 4. The highest BCUT2D eigenvalue weighted by atomic mass is 32.2. The third-order valence-electron chi connectivity index (χ3n) is 3.60. The Hall–Kier alpha value is -2.08. The molecule has 3 rings (SSSR count). The Morgan fingerprint density at radius 2 is 2.13 bits per heavy atom. The molecule has 1 aliphatic heterocycles. The normalized spacial score (nSPS) is 17.3. The number of benzene rings is 1. The lowest BCUT2D eigenvalue weighted by molar-refractivity contribution is -0.127. The van der Waals surface area contributed by atoms with Crippen molar-refractivity contribution >= 4 is 17.7 Å². The Morgan fingerprint density at radius 1 is 1.30 bits per heavy atom. The highest BCUT2D eigenvalue weighted by molar-refractivity contribution is 8.00. The van der Waals surface area contributed by atoms with E-state index in [-0.39, 0.29) is 17.8 Å². The van der Waals surface area contributed by atoms with Crippen molar-refractivity contribution in [1.29, 1.82) is 0 Å². The largest absolute Gasteiger partial charge is 0.472 e. The van der Waals surface area contributed by atoms with Gasteiger partial charge in [-0.05, 0) is 30.3 Å². The number of hydrogen-bond donors (Lipinski definition) is 0. The molecule has 23 heavy (non-hydrogen) atoms. The number of pyridine rings is 1. The summed E-state index contributed by atoms with van der Waals surface area (Å²) in [5.74, 6) is 0.746. The van der Waals surface area contributed by atoms with E-state index in [4.69, 9.17) is 4.74 Å². The highest BCUT2D eigenvalue weighted by Gasteiger charge is 2.27. The van der Waals surface area contributed by atoms with Crippen molar-refractivity contribution in [3.05, 3.63) is 54.5 Å². The van der Waals surface area contributed by atoms with Gasteiger partial charge in [-0.2, -0.15) is 0 Å². The van der Waals surface area contributed by atoms with Gasteiger partial charge in [0, 0.05) is 30.1 Å². The summed E-state index contributed by atoms with van der Waals surface area (Å²) in [4.78, 5) is 19.1. The van der Waals surface area contributed by atoms with Crippen molar-refractivity contribution in [1.82, 2.24) is 9.88 Å². The molecule has 1 saturated heterocycles. The molecule has 1 amide bonds. The van der Waals surface area contributed by atoms with Crippen LogP contribution >= 0.6 is 11.8 Å². The van der Waals surface area contributed by atoms with Crippen molar-refractivity contribution in [2.75, 3.05) is 18.8 Å². The fourth-order valence-corrected chi connectivity index (χ4v) is 3.21. The second-order valence-corrected chi connectivity index (χ2v) is 6.33. The molecule has 120 valence electrons. The number of nitrogens with zero attached hydrogens (tertiary/aromatic N) is 2. The lowest BCUT2D eigenvalue weighted by Gasteiger charge is -2.16. The molecular formula is C17H17FN2O2S. The summed E-state index contributed by atoms with van der Waals surface area (Å²) in [7, 11) is 0. The van der Waals surface area contributed by atoms with Gasteiger partial charge in [0.2, 0.25) is 11.8 Å². The third-order valence-corrected chi connectivity index (χ3v) is 4.60. The molecule has 2 aromatic rings. The molecule has 0 saturated carbocycles. The van der Waals surface area contributed by atoms with E-state index in [1.165, 1.54) is 23.9 Å². The molecule has 0 radical (unpaired) electrons. The van der Waals surface area contributed by atoms with Crippen LogP contribution in [0.25, 0.3) is 0 Å². The molecule has 0 spiro atoms. The van der Waals surface area contributed by atoms with Gasteiger partial charge in [-0.15, -0.1) is 11.8 Å². The fourth-order valence-electron chi connectivity index (χ4n) is 2.41. The Labute approximate surface area is 138 Å². The summed E-state index contributed by atoms with van der Waals surface area (Å²) in [5, 5.41) is 0. The zero-order chi connectivity index (χ0) is 16.1. The first-order chi connectivity index (χ1) is 11.2. The minimum Gasteiger partial charge on any atom is -0.472 e. The second kappa shape index (κ2) is 7.46. The quantitative estimate of drug-likeness (QED) is 0.790. The van der Waals surface area contributed by atoms with Gasteiger partial charge < -0.3 is 9.64 Å². The van der Waals surface area contributed by atoms with E-state index in [0.29, 0.717) is 24.7 Å².